The van der Waals surface area contributed by atoms with Crippen LogP contribution in [-0.4, -0.2) is 21.5 Å². The number of hydrogen-bond acceptors (Lipinski definition) is 4. The summed E-state index contributed by atoms with van der Waals surface area (Å²) in [4.78, 5) is 13.5. The van der Waals surface area contributed by atoms with Gasteiger partial charge < -0.3 is 4.74 Å². The van der Waals surface area contributed by atoms with Crippen molar-refractivity contribution in [2.45, 2.75) is 51.8 Å². The van der Waals surface area contributed by atoms with Crippen molar-refractivity contribution in [3.05, 3.63) is 21.9 Å². The molecule has 1 aromatic heterocycles. The third-order valence-electron chi connectivity index (χ3n) is 3.56. The molecule has 124 valence electrons. The van der Waals surface area contributed by atoms with Crippen LogP contribution in [0.2, 0.25) is 0 Å². The SMILES string of the molecule is CC(C)COC(=O)[C@@H]1Cc2ccsc2[C@H]1N[S@](=O)C(C)(C)C. The first-order chi connectivity index (χ1) is 10.2. The third-order valence-corrected chi connectivity index (χ3v) is 6.18. The van der Waals surface area contributed by atoms with Gasteiger partial charge in [0, 0.05) is 4.88 Å². The molecule has 0 saturated carbocycles. The molecule has 4 nitrogen and oxygen atoms in total. The highest BCUT2D eigenvalue weighted by molar-refractivity contribution is 7.84. The van der Waals surface area contributed by atoms with E-state index in [1.807, 2.05) is 46.1 Å². The first-order valence-electron chi connectivity index (χ1n) is 7.61. The molecule has 2 rings (SSSR count). The van der Waals surface area contributed by atoms with E-state index in [0.717, 1.165) is 4.88 Å². The molecular weight excluding hydrogens is 318 g/mol. The van der Waals surface area contributed by atoms with Gasteiger partial charge in [0.15, 0.2) is 0 Å². The average molecular weight is 344 g/mol. The smallest absolute Gasteiger partial charge is 0.311 e. The summed E-state index contributed by atoms with van der Waals surface area (Å²) >= 11 is 1.61. The van der Waals surface area contributed by atoms with Crippen LogP contribution in [0.15, 0.2) is 11.4 Å². The van der Waals surface area contributed by atoms with Crippen molar-refractivity contribution >= 4 is 28.3 Å². The van der Waals surface area contributed by atoms with E-state index in [-0.39, 0.29) is 22.7 Å². The quantitative estimate of drug-likeness (QED) is 0.835. The van der Waals surface area contributed by atoms with Gasteiger partial charge in [0.2, 0.25) is 0 Å². The second-order valence-corrected chi connectivity index (χ2v) is 10.1. The fourth-order valence-electron chi connectivity index (χ4n) is 2.33. The number of carbonyl (C=O) groups is 1. The Labute approximate surface area is 139 Å². The monoisotopic (exact) mass is 343 g/mol. The maximum absolute atomic E-state index is 12.4. The maximum atomic E-state index is 12.4. The molecule has 1 N–H and O–H groups in total. The zero-order valence-electron chi connectivity index (χ0n) is 13.8. The molecular formula is C16H25NO3S2. The highest BCUT2D eigenvalue weighted by Gasteiger charge is 2.41. The van der Waals surface area contributed by atoms with Crippen LogP contribution < -0.4 is 4.72 Å². The van der Waals surface area contributed by atoms with Gasteiger partial charge in [-0.25, -0.2) is 8.93 Å². The fourth-order valence-corrected chi connectivity index (χ4v) is 4.32. The molecule has 6 heteroatoms. The summed E-state index contributed by atoms with van der Waals surface area (Å²) in [5.41, 5.74) is 1.17. The van der Waals surface area contributed by atoms with Crippen molar-refractivity contribution in [3.8, 4) is 0 Å². The summed E-state index contributed by atoms with van der Waals surface area (Å²) < 4.78 is 20.6. The van der Waals surface area contributed by atoms with Gasteiger partial charge in [0.1, 0.15) is 0 Å². The first kappa shape index (κ1) is 17.6. The van der Waals surface area contributed by atoms with E-state index in [1.165, 1.54) is 5.56 Å². The Morgan fingerprint density at radius 3 is 2.77 bits per heavy atom. The minimum Gasteiger partial charge on any atom is -0.465 e. The van der Waals surface area contributed by atoms with Crippen molar-refractivity contribution in [2.24, 2.45) is 11.8 Å². The minimum atomic E-state index is -1.22. The Morgan fingerprint density at radius 1 is 1.50 bits per heavy atom. The molecule has 3 atom stereocenters. The number of ether oxygens (including phenoxy) is 1. The Morgan fingerprint density at radius 2 is 2.18 bits per heavy atom. The van der Waals surface area contributed by atoms with Crippen LogP contribution in [0.3, 0.4) is 0 Å². The number of esters is 1. The van der Waals surface area contributed by atoms with Gasteiger partial charge in [-0.1, -0.05) is 13.8 Å². The fraction of sp³-hybridized carbons (Fsp3) is 0.688. The van der Waals surface area contributed by atoms with Gasteiger partial charge in [-0.2, -0.15) is 0 Å². The number of fused-ring (bicyclic) bond motifs is 1. The number of thiophene rings is 1. The van der Waals surface area contributed by atoms with E-state index in [1.54, 1.807) is 11.3 Å². The Hall–Kier alpha value is -0.720. The van der Waals surface area contributed by atoms with Gasteiger partial charge in [0.25, 0.3) is 0 Å². The standard InChI is InChI=1S/C16H25NO3S2/c1-10(2)9-20-15(18)12-8-11-6-7-21-14(11)13(12)17-22(19)16(3,4)5/h6-7,10,12-13,17H,8-9H2,1-5H3/t12-,13+,22-/m1/s1. The van der Waals surface area contributed by atoms with Crippen molar-refractivity contribution in [1.82, 2.24) is 4.72 Å². The minimum absolute atomic E-state index is 0.194. The van der Waals surface area contributed by atoms with Crippen LogP contribution in [0.5, 0.6) is 0 Å². The number of carbonyl (C=O) groups excluding carboxylic acids is 1. The summed E-state index contributed by atoms with van der Waals surface area (Å²) in [6.07, 6.45) is 0.661. The van der Waals surface area contributed by atoms with Crippen molar-refractivity contribution in [3.63, 3.8) is 0 Å². The molecule has 0 amide bonds. The van der Waals surface area contributed by atoms with E-state index in [4.69, 9.17) is 4.74 Å². The van der Waals surface area contributed by atoms with E-state index >= 15 is 0 Å². The lowest BCUT2D eigenvalue weighted by atomic mass is 10.0. The highest BCUT2D eigenvalue weighted by Crippen LogP contribution is 2.41. The van der Waals surface area contributed by atoms with Crippen LogP contribution in [0, 0.1) is 11.8 Å². The zero-order chi connectivity index (χ0) is 16.5. The summed E-state index contributed by atoms with van der Waals surface area (Å²) in [6, 6.07) is 1.83. The molecule has 22 heavy (non-hydrogen) atoms. The lowest BCUT2D eigenvalue weighted by molar-refractivity contribution is -0.150. The van der Waals surface area contributed by atoms with Crippen molar-refractivity contribution in [2.75, 3.05) is 6.61 Å². The third kappa shape index (κ3) is 3.97. The lowest BCUT2D eigenvalue weighted by Crippen LogP contribution is -2.39. The maximum Gasteiger partial charge on any atom is 0.311 e. The molecule has 0 aliphatic heterocycles. The summed E-state index contributed by atoms with van der Waals surface area (Å²) in [5, 5.41) is 2.02. The average Bonchev–Trinajstić information content (AvgIpc) is 2.97. The topological polar surface area (TPSA) is 55.4 Å². The zero-order valence-corrected chi connectivity index (χ0v) is 15.5. The summed E-state index contributed by atoms with van der Waals surface area (Å²) in [6.45, 7) is 10.2. The molecule has 0 aromatic carbocycles. The highest BCUT2D eigenvalue weighted by atomic mass is 32.2. The van der Waals surface area contributed by atoms with Crippen LogP contribution in [-0.2, 0) is 26.9 Å². The molecule has 1 aromatic rings. The van der Waals surface area contributed by atoms with Gasteiger partial charge in [-0.05, 0) is 50.1 Å². The Balaban J connectivity index is 2.14. The number of rotatable bonds is 5. The van der Waals surface area contributed by atoms with Crippen molar-refractivity contribution in [1.29, 1.82) is 0 Å². The normalized spacial score (nSPS) is 22.6. The first-order valence-corrected chi connectivity index (χ1v) is 9.64. The molecule has 1 heterocycles. The van der Waals surface area contributed by atoms with Crippen LogP contribution in [0.25, 0.3) is 0 Å². The summed E-state index contributed by atoms with van der Waals surface area (Å²) in [7, 11) is -1.22. The molecule has 0 unspecified atom stereocenters. The second-order valence-electron chi connectivity index (χ2n) is 7.12. The Bertz CT molecular complexity index is 560. The second kappa shape index (κ2) is 6.81. The van der Waals surface area contributed by atoms with Gasteiger partial charge in [0.05, 0.1) is 34.3 Å². The van der Waals surface area contributed by atoms with Crippen molar-refractivity contribution < 1.29 is 13.7 Å². The predicted octanol–water partition coefficient (Wildman–Crippen LogP) is 3.21. The van der Waals surface area contributed by atoms with E-state index in [0.29, 0.717) is 18.9 Å². The molecule has 1 aliphatic rings. The van der Waals surface area contributed by atoms with Crippen LogP contribution in [0.4, 0.5) is 0 Å². The predicted molar refractivity (Wildman–Crippen MR) is 91.1 cm³/mol. The van der Waals surface area contributed by atoms with Crippen LogP contribution >= 0.6 is 11.3 Å². The van der Waals surface area contributed by atoms with Gasteiger partial charge in [-0.3, -0.25) is 4.79 Å². The number of hydrogen-bond donors (Lipinski definition) is 1. The molecule has 0 saturated heterocycles. The molecule has 1 aliphatic carbocycles. The molecule has 0 spiro atoms. The van der Waals surface area contributed by atoms with E-state index < -0.39 is 11.0 Å². The Kier molecular flexibility index (Phi) is 5.45. The van der Waals surface area contributed by atoms with E-state index in [2.05, 4.69) is 4.72 Å². The van der Waals surface area contributed by atoms with Crippen LogP contribution in [0.1, 0.15) is 51.1 Å². The summed E-state index contributed by atoms with van der Waals surface area (Å²) in [5.74, 6) is -0.164. The number of nitrogens with one attached hydrogen (secondary N) is 1. The molecule has 0 fully saturated rings. The molecule has 0 bridgehead atoms. The lowest BCUT2D eigenvalue weighted by Gasteiger charge is -2.25. The largest absolute Gasteiger partial charge is 0.465 e. The molecule has 0 radical (unpaired) electrons. The van der Waals surface area contributed by atoms with Gasteiger partial charge >= 0.3 is 5.97 Å². The van der Waals surface area contributed by atoms with Gasteiger partial charge in [-0.15, -0.1) is 11.3 Å². The van der Waals surface area contributed by atoms with E-state index in [9.17, 15) is 9.00 Å².